The quantitative estimate of drug-likeness (QED) is 0.703. The van der Waals surface area contributed by atoms with Gasteiger partial charge in [0.25, 0.3) is 0 Å². The second kappa shape index (κ2) is 6.83. The highest BCUT2D eigenvalue weighted by atomic mass is 16.2. The molecule has 1 rings (SSSR count). The fourth-order valence-electron chi connectivity index (χ4n) is 2.26. The number of carbonyl (C=O) groups is 1. The molecule has 1 aliphatic rings. The molecule has 0 unspecified atom stereocenters. The minimum Gasteiger partial charge on any atom is -0.345 e. The average Bonchev–Trinajstić information content (AvgIpc) is 2.29. The number of nitrogens with one attached hydrogen (secondary N) is 1. The third-order valence-electron chi connectivity index (χ3n) is 3.25. The van der Waals surface area contributed by atoms with Crippen LogP contribution in [-0.4, -0.2) is 38.0 Å². The van der Waals surface area contributed by atoms with Crippen molar-refractivity contribution in [3.05, 3.63) is 0 Å². The summed E-state index contributed by atoms with van der Waals surface area (Å²) in [7, 11) is 3.88. The maximum Gasteiger partial charge on any atom is 0.225 e. The molecule has 1 N–H and O–H groups in total. The van der Waals surface area contributed by atoms with Crippen LogP contribution in [0.4, 0.5) is 0 Å². The lowest BCUT2D eigenvalue weighted by Gasteiger charge is -2.26. The predicted octanol–water partition coefficient (Wildman–Crippen LogP) is 1.63. The first kappa shape index (κ1) is 12.5. The Kier molecular flexibility index (Phi) is 5.69. The van der Waals surface area contributed by atoms with E-state index in [2.05, 4.69) is 5.32 Å². The topological polar surface area (TPSA) is 32.3 Å². The van der Waals surface area contributed by atoms with Crippen LogP contribution in [0, 0.1) is 5.92 Å². The summed E-state index contributed by atoms with van der Waals surface area (Å²) in [5.74, 6) is 0.684. The lowest BCUT2D eigenvalue weighted by Crippen LogP contribution is -2.35. The summed E-state index contributed by atoms with van der Waals surface area (Å²) in [6.07, 6.45) is 7.05. The zero-order valence-electron chi connectivity index (χ0n) is 10.1. The van der Waals surface area contributed by atoms with Gasteiger partial charge in [-0.3, -0.25) is 4.79 Å². The lowest BCUT2D eigenvalue weighted by molar-refractivity contribution is -0.135. The van der Waals surface area contributed by atoms with Crippen molar-refractivity contribution in [2.75, 3.05) is 27.2 Å². The van der Waals surface area contributed by atoms with Crippen molar-refractivity contribution in [1.82, 2.24) is 10.2 Å². The van der Waals surface area contributed by atoms with E-state index in [1.807, 2.05) is 19.0 Å². The molecule has 0 radical (unpaired) electrons. The van der Waals surface area contributed by atoms with Crippen LogP contribution in [0.15, 0.2) is 0 Å². The first-order valence-corrected chi connectivity index (χ1v) is 6.15. The van der Waals surface area contributed by atoms with E-state index in [0.29, 0.717) is 11.8 Å². The van der Waals surface area contributed by atoms with Gasteiger partial charge in [-0.25, -0.2) is 0 Å². The second-order valence-corrected chi connectivity index (χ2v) is 4.55. The summed E-state index contributed by atoms with van der Waals surface area (Å²) in [6, 6.07) is 0. The molecular formula is C12H24N2O. The van der Waals surface area contributed by atoms with Crippen LogP contribution in [0.25, 0.3) is 0 Å². The first-order valence-electron chi connectivity index (χ1n) is 6.15. The summed E-state index contributed by atoms with van der Waals surface area (Å²) in [6.45, 7) is 1.87. The van der Waals surface area contributed by atoms with Crippen LogP contribution >= 0.6 is 0 Å². The molecular weight excluding hydrogens is 188 g/mol. The zero-order valence-corrected chi connectivity index (χ0v) is 10.1. The molecule has 15 heavy (non-hydrogen) atoms. The minimum absolute atomic E-state index is 0.318. The zero-order chi connectivity index (χ0) is 11.1. The number of nitrogens with zero attached hydrogens (tertiary/aromatic N) is 1. The molecule has 0 saturated heterocycles. The third-order valence-corrected chi connectivity index (χ3v) is 3.25. The molecule has 0 aliphatic heterocycles. The van der Waals surface area contributed by atoms with Gasteiger partial charge in [0.2, 0.25) is 5.91 Å². The van der Waals surface area contributed by atoms with Crippen molar-refractivity contribution < 1.29 is 4.79 Å². The second-order valence-electron chi connectivity index (χ2n) is 4.55. The molecule has 1 fully saturated rings. The van der Waals surface area contributed by atoms with Gasteiger partial charge in [0.15, 0.2) is 0 Å². The van der Waals surface area contributed by atoms with E-state index in [9.17, 15) is 4.79 Å². The molecule has 3 nitrogen and oxygen atoms in total. The van der Waals surface area contributed by atoms with Gasteiger partial charge >= 0.3 is 0 Å². The van der Waals surface area contributed by atoms with E-state index in [0.717, 1.165) is 32.4 Å². The van der Waals surface area contributed by atoms with E-state index < -0.39 is 0 Å². The van der Waals surface area contributed by atoms with Gasteiger partial charge in [-0.2, -0.15) is 0 Å². The van der Waals surface area contributed by atoms with Gasteiger partial charge in [-0.1, -0.05) is 19.3 Å². The highest BCUT2D eigenvalue weighted by Gasteiger charge is 2.23. The monoisotopic (exact) mass is 212 g/mol. The van der Waals surface area contributed by atoms with Gasteiger partial charge in [-0.05, 0) is 32.9 Å². The Labute approximate surface area is 93.2 Å². The largest absolute Gasteiger partial charge is 0.345 e. The Morgan fingerprint density at radius 2 is 2.00 bits per heavy atom. The van der Waals surface area contributed by atoms with Crippen LogP contribution in [0.1, 0.15) is 38.5 Å². The molecule has 3 heteroatoms. The van der Waals surface area contributed by atoms with Gasteiger partial charge in [0.05, 0.1) is 0 Å². The number of hydrogen-bond donors (Lipinski definition) is 1. The van der Waals surface area contributed by atoms with E-state index in [4.69, 9.17) is 0 Å². The highest BCUT2D eigenvalue weighted by molar-refractivity contribution is 5.78. The van der Waals surface area contributed by atoms with Crippen LogP contribution in [-0.2, 0) is 4.79 Å². The minimum atomic E-state index is 0.318. The SMILES string of the molecule is CNCCCN(C)C(=O)C1CCCCC1. The van der Waals surface area contributed by atoms with Crippen LogP contribution in [0.3, 0.4) is 0 Å². The van der Waals surface area contributed by atoms with Gasteiger partial charge < -0.3 is 10.2 Å². The normalized spacial score (nSPS) is 17.7. The van der Waals surface area contributed by atoms with Gasteiger partial charge in [0.1, 0.15) is 0 Å². The number of carbonyl (C=O) groups excluding carboxylic acids is 1. The highest BCUT2D eigenvalue weighted by Crippen LogP contribution is 2.24. The predicted molar refractivity (Wildman–Crippen MR) is 62.8 cm³/mol. The Bertz CT molecular complexity index is 188. The summed E-state index contributed by atoms with van der Waals surface area (Å²) < 4.78 is 0. The Balaban J connectivity index is 2.24. The molecule has 1 amide bonds. The van der Waals surface area contributed by atoms with E-state index in [1.54, 1.807) is 0 Å². The van der Waals surface area contributed by atoms with Gasteiger partial charge in [0, 0.05) is 19.5 Å². The fourth-order valence-corrected chi connectivity index (χ4v) is 2.26. The van der Waals surface area contributed by atoms with Crippen molar-refractivity contribution in [1.29, 1.82) is 0 Å². The molecule has 0 spiro atoms. The van der Waals surface area contributed by atoms with Crippen molar-refractivity contribution in [3.8, 4) is 0 Å². The van der Waals surface area contributed by atoms with Crippen molar-refractivity contribution >= 4 is 5.91 Å². The first-order chi connectivity index (χ1) is 7.25. The van der Waals surface area contributed by atoms with Crippen molar-refractivity contribution in [3.63, 3.8) is 0 Å². The van der Waals surface area contributed by atoms with Crippen LogP contribution < -0.4 is 5.32 Å². The van der Waals surface area contributed by atoms with Crippen LogP contribution in [0.2, 0.25) is 0 Å². The Morgan fingerprint density at radius 1 is 1.33 bits per heavy atom. The summed E-state index contributed by atoms with van der Waals surface area (Å²) >= 11 is 0. The molecule has 88 valence electrons. The molecule has 1 aliphatic carbocycles. The molecule has 0 heterocycles. The maximum absolute atomic E-state index is 12.0. The Hall–Kier alpha value is -0.570. The van der Waals surface area contributed by atoms with Crippen LogP contribution in [0.5, 0.6) is 0 Å². The van der Waals surface area contributed by atoms with E-state index in [1.165, 1.54) is 19.3 Å². The summed E-state index contributed by atoms with van der Waals surface area (Å²) in [5, 5.41) is 3.10. The molecule has 0 aromatic rings. The molecule has 0 aromatic heterocycles. The summed E-state index contributed by atoms with van der Waals surface area (Å²) in [5.41, 5.74) is 0. The lowest BCUT2D eigenvalue weighted by atomic mass is 9.88. The molecule has 0 atom stereocenters. The number of rotatable bonds is 5. The standard InChI is InChI=1S/C12H24N2O/c1-13-9-6-10-14(2)12(15)11-7-4-3-5-8-11/h11,13H,3-10H2,1-2H3. The third kappa shape index (κ3) is 4.20. The molecule has 1 saturated carbocycles. The Morgan fingerprint density at radius 3 is 2.60 bits per heavy atom. The average molecular weight is 212 g/mol. The fraction of sp³-hybridized carbons (Fsp3) is 0.917. The van der Waals surface area contributed by atoms with E-state index >= 15 is 0 Å². The van der Waals surface area contributed by atoms with Crippen molar-refractivity contribution in [2.24, 2.45) is 5.92 Å². The number of amides is 1. The molecule has 0 aromatic carbocycles. The van der Waals surface area contributed by atoms with Gasteiger partial charge in [-0.15, -0.1) is 0 Å². The maximum atomic E-state index is 12.0. The smallest absolute Gasteiger partial charge is 0.225 e. The van der Waals surface area contributed by atoms with Crippen molar-refractivity contribution in [2.45, 2.75) is 38.5 Å². The number of hydrogen-bond acceptors (Lipinski definition) is 2. The molecule has 0 bridgehead atoms. The summed E-state index contributed by atoms with van der Waals surface area (Å²) in [4.78, 5) is 13.9. The van der Waals surface area contributed by atoms with E-state index in [-0.39, 0.29) is 0 Å².